The van der Waals surface area contributed by atoms with Gasteiger partial charge in [-0.2, -0.15) is 0 Å². The summed E-state index contributed by atoms with van der Waals surface area (Å²) in [4.78, 5) is 27.0. The average Bonchev–Trinajstić information content (AvgIpc) is 2.71. The van der Waals surface area contributed by atoms with Gasteiger partial charge in [-0.25, -0.2) is 4.79 Å². The van der Waals surface area contributed by atoms with E-state index >= 15 is 0 Å². The monoisotopic (exact) mass is 322 g/mol. The van der Waals surface area contributed by atoms with Crippen LogP contribution in [-0.4, -0.2) is 35.7 Å². The van der Waals surface area contributed by atoms with Crippen LogP contribution in [0.2, 0.25) is 0 Å². The first kappa shape index (κ1) is 16.7. The number of imide groups is 1. The van der Waals surface area contributed by atoms with E-state index in [0.29, 0.717) is 0 Å². The molecule has 1 saturated heterocycles. The van der Waals surface area contributed by atoms with Gasteiger partial charge in [-0.1, -0.05) is 19.9 Å². The molecule has 120 valence electrons. The molecule has 1 heterocycles. The Morgan fingerprint density at radius 3 is 2.55 bits per heavy atom. The largest absolute Gasteiger partial charge is 0.496 e. The Morgan fingerprint density at radius 1 is 1.36 bits per heavy atom. The number of carbonyl (C=O) groups excluding carboxylic acids is 2. The molecule has 1 aliphatic rings. The van der Waals surface area contributed by atoms with Gasteiger partial charge in [0.25, 0.3) is 5.91 Å². The Hall–Kier alpha value is -1.69. The molecular weight excluding hydrogens is 300 g/mol. The average molecular weight is 322 g/mol. The molecule has 1 atom stereocenters. The quantitative estimate of drug-likeness (QED) is 0.669. The number of rotatable bonds is 5. The fraction of sp³-hybridized carbons (Fsp3) is 0.500. The van der Waals surface area contributed by atoms with Crippen LogP contribution < -0.4 is 10.1 Å². The van der Waals surface area contributed by atoms with Crippen molar-refractivity contribution < 1.29 is 14.3 Å². The zero-order chi connectivity index (χ0) is 16.5. The normalized spacial score (nSPS) is 21.5. The Balaban J connectivity index is 2.24. The molecule has 0 radical (unpaired) electrons. The molecule has 22 heavy (non-hydrogen) atoms. The Kier molecular flexibility index (Phi) is 4.70. The smallest absolute Gasteiger partial charge is 0.325 e. The Morgan fingerprint density at radius 2 is 2.05 bits per heavy atom. The summed E-state index contributed by atoms with van der Waals surface area (Å²) in [6.45, 7) is 5.88. The summed E-state index contributed by atoms with van der Waals surface area (Å²) in [7, 11) is 1.61. The van der Waals surface area contributed by atoms with Gasteiger partial charge in [-0.05, 0) is 36.8 Å². The molecule has 1 aromatic carbocycles. The van der Waals surface area contributed by atoms with E-state index in [9.17, 15) is 9.59 Å². The van der Waals surface area contributed by atoms with Gasteiger partial charge in [0.2, 0.25) is 0 Å². The predicted octanol–water partition coefficient (Wildman–Crippen LogP) is 2.88. The van der Waals surface area contributed by atoms with Gasteiger partial charge in [0.15, 0.2) is 0 Å². The molecule has 5 nitrogen and oxygen atoms in total. The van der Waals surface area contributed by atoms with Crippen LogP contribution in [0.3, 0.4) is 0 Å². The number of carbonyl (C=O) groups is 2. The van der Waals surface area contributed by atoms with Gasteiger partial charge in [-0.3, -0.25) is 9.69 Å². The van der Waals surface area contributed by atoms with E-state index in [4.69, 9.17) is 4.74 Å². The number of nitrogens with one attached hydrogen (secondary N) is 1. The number of urea groups is 1. The minimum atomic E-state index is -0.833. The molecule has 1 aliphatic heterocycles. The minimum Gasteiger partial charge on any atom is -0.496 e. The van der Waals surface area contributed by atoms with Crippen molar-refractivity contribution in [2.75, 3.05) is 13.4 Å². The topological polar surface area (TPSA) is 58.6 Å². The maximum absolute atomic E-state index is 12.6. The van der Waals surface area contributed by atoms with Crippen LogP contribution in [0.15, 0.2) is 23.1 Å². The molecule has 1 aromatic rings. The summed E-state index contributed by atoms with van der Waals surface area (Å²) in [5.41, 5.74) is 0.0339. The molecule has 3 amide bonds. The summed E-state index contributed by atoms with van der Waals surface area (Å²) in [6.07, 6.45) is 1.98. The van der Waals surface area contributed by atoms with Crippen LogP contribution >= 0.6 is 11.8 Å². The second kappa shape index (κ2) is 6.20. The Bertz CT molecular complexity index is 603. The second-order valence-electron chi connectivity index (χ2n) is 5.87. The summed E-state index contributed by atoms with van der Waals surface area (Å²) >= 11 is 1.59. The highest BCUT2D eigenvalue weighted by atomic mass is 32.2. The molecule has 0 spiro atoms. The van der Waals surface area contributed by atoms with Crippen LogP contribution in [0, 0.1) is 5.92 Å². The van der Waals surface area contributed by atoms with Crippen molar-refractivity contribution in [2.24, 2.45) is 5.92 Å². The van der Waals surface area contributed by atoms with Gasteiger partial charge in [-0.15, -0.1) is 11.8 Å². The highest BCUT2D eigenvalue weighted by Crippen LogP contribution is 2.30. The first-order valence-corrected chi connectivity index (χ1v) is 8.41. The van der Waals surface area contributed by atoms with E-state index in [1.807, 2.05) is 38.3 Å². The maximum Gasteiger partial charge on any atom is 0.325 e. The van der Waals surface area contributed by atoms with Crippen molar-refractivity contribution in [1.29, 1.82) is 0 Å². The van der Waals surface area contributed by atoms with Crippen LogP contribution in [0.1, 0.15) is 26.3 Å². The molecule has 6 heteroatoms. The van der Waals surface area contributed by atoms with Crippen LogP contribution in [0.4, 0.5) is 4.79 Å². The zero-order valence-electron chi connectivity index (χ0n) is 13.6. The summed E-state index contributed by atoms with van der Waals surface area (Å²) in [5, 5.41) is 2.80. The summed E-state index contributed by atoms with van der Waals surface area (Å²) < 4.78 is 5.35. The number of ether oxygens (including phenoxy) is 1. The Labute approximate surface area is 135 Å². The van der Waals surface area contributed by atoms with Crippen molar-refractivity contribution >= 4 is 23.7 Å². The second-order valence-corrected chi connectivity index (χ2v) is 6.72. The summed E-state index contributed by atoms with van der Waals surface area (Å²) in [5.74, 6) is 0.603. The molecular formula is C16H22N2O3S. The molecule has 0 aliphatic carbocycles. The number of methoxy groups -OCH3 is 1. The molecule has 2 rings (SSSR count). The number of benzene rings is 1. The van der Waals surface area contributed by atoms with E-state index < -0.39 is 5.54 Å². The first-order chi connectivity index (χ1) is 10.3. The molecule has 0 bridgehead atoms. The SMILES string of the molecule is COc1cc(CN2C(=O)N[C@@](C)(C(C)C)C2=O)ccc1SC. The number of thioether (sulfide) groups is 1. The first-order valence-electron chi connectivity index (χ1n) is 7.18. The maximum atomic E-state index is 12.6. The number of nitrogens with zero attached hydrogens (tertiary/aromatic N) is 1. The van der Waals surface area contributed by atoms with Crippen molar-refractivity contribution in [3.8, 4) is 5.75 Å². The lowest BCUT2D eigenvalue weighted by molar-refractivity contribution is -0.132. The van der Waals surface area contributed by atoms with Gasteiger partial charge < -0.3 is 10.1 Å². The summed E-state index contributed by atoms with van der Waals surface area (Å²) in [6, 6.07) is 5.39. The van der Waals surface area contributed by atoms with Crippen molar-refractivity contribution in [1.82, 2.24) is 10.2 Å². The van der Waals surface area contributed by atoms with Gasteiger partial charge in [0.1, 0.15) is 11.3 Å². The molecule has 1 fully saturated rings. The van der Waals surface area contributed by atoms with E-state index in [-0.39, 0.29) is 24.4 Å². The number of amides is 3. The number of hydrogen-bond acceptors (Lipinski definition) is 4. The van der Waals surface area contributed by atoms with Crippen molar-refractivity contribution in [3.05, 3.63) is 23.8 Å². The van der Waals surface area contributed by atoms with Crippen LogP contribution in [0.25, 0.3) is 0 Å². The van der Waals surface area contributed by atoms with Gasteiger partial charge in [0.05, 0.1) is 13.7 Å². The lowest BCUT2D eigenvalue weighted by atomic mass is 9.88. The highest BCUT2D eigenvalue weighted by molar-refractivity contribution is 7.98. The van der Waals surface area contributed by atoms with E-state index in [1.54, 1.807) is 25.8 Å². The van der Waals surface area contributed by atoms with Crippen molar-refractivity contribution in [2.45, 2.75) is 37.8 Å². The lowest BCUT2D eigenvalue weighted by Crippen LogP contribution is -2.48. The van der Waals surface area contributed by atoms with Crippen molar-refractivity contribution in [3.63, 3.8) is 0 Å². The van der Waals surface area contributed by atoms with Crippen LogP contribution in [0.5, 0.6) is 5.75 Å². The molecule has 0 aromatic heterocycles. The third-order valence-corrected chi connectivity index (χ3v) is 5.02. The fourth-order valence-corrected chi connectivity index (χ4v) is 2.96. The molecule has 1 N–H and O–H groups in total. The van der Waals surface area contributed by atoms with Gasteiger partial charge >= 0.3 is 6.03 Å². The lowest BCUT2D eigenvalue weighted by Gasteiger charge is -2.25. The highest BCUT2D eigenvalue weighted by Gasteiger charge is 2.49. The zero-order valence-corrected chi connectivity index (χ0v) is 14.4. The van der Waals surface area contributed by atoms with E-state index in [0.717, 1.165) is 16.2 Å². The molecule has 0 unspecified atom stereocenters. The number of hydrogen-bond donors (Lipinski definition) is 1. The fourth-order valence-electron chi connectivity index (χ4n) is 2.41. The van der Waals surface area contributed by atoms with E-state index in [2.05, 4.69) is 5.32 Å². The van der Waals surface area contributed by atoms with Crippen LogP contribution in [-0.2, 0) is 11.3 Å². The predicted molar refractivity (Wildman–Crippen MR) is 87.1 cm³/mol. The van der Waals surface area contributed by atoms with Gasteiger partial charge in [0, 0.05) is 4.90 Å². The third kappa shape index (κ3) is 2.79. The van der Waals surface area contributed by atoms with E-state index in [1.165, 1.54) is 4.90 Å². The standard InChI is InChI=1S/C16H22N2O3S/c1-10(2)16(3)14(19)18(15(20)17-16)9-11-6-7-13(22-5)12(8-11)21-4/h6-8,10H,9H2,1-5H3,(H,17,20)/t16-/m0/s1. The minimum absolute atomic E-state index is 0.0300. The molecule has 0 saturated carbocycles. The third-order valence-electron chi connectivity index (χ3n) is 4.24.